The number of ether oxygens (including phenoxy) is 2. The molecule has 0 atom stereocenters. The fourth-order valence-electron chi connectivity index (χ4n) is 2.56. The average molecular weight is 277 g/mol. The molecular weight excluding hydrogens is 254 g/mol. The Kier molecular flexibility index (Phi) is 5.27. The van der Waals surface area contributed by atoms with Gasteiger partial charge >= 0.3 is 6.09 Å². The van der Waals surface area contributed by atoms with Gasteiger partial charge in [-0.15, -0.1) is 0 Å². The van der Waals surface area contributed by atoms with Crippen molar-refractivity contribution in [1.29, 1.82) is 0 Å². The first-order valence-corrected chi connectivity index (χ1v) is 7.26. The minimum absolute atomic E-state index is 0.285. The summed E-state index contributed by atoms with van der Waals surface area (Å²) in [7, 11) is 1.64. The van der Waals surface area contributed by atoms with Gasteiger partial charge in [-0.25, -0.2) is 4.79 Å². The number of nitrogens with one attached hydrogen (secondary N) is 1. The Labute approximate surface area is 120 Å². The van der Waals surface area contributed by atoms with E-state index in [-0.39, 0.29) is 12.1 Å². The summed E-state index contributed by atoms with van der Waals surface area (Å²) in [5.41, 5.74) is 2.07. The second kappa shape index (κ2) is 7.17. The molecule has 4 nitrogen and oxygen atoms in total. The maximum atomic E-state index is 11.8. The van der Waals surface area contributed by atoms with E-state index in [0.717, 1.165) is 29.7 Å². The summed E-state index contributed by atoms with van der Waals surface area (Å²) in [4.78, 5) is 11.8. The van der Waals surface area contributed by atoms with Gasteiger partial charge in [0.15, 0.2) is 0 Å². The molecule has 1 aromatic carbocycles. The minimum atomic E-state index is -0.313. The van der Waals surface area contributed by atoms with Gasteiger partial charge in [0.1, 0.15) is 12.4 Å². The van der Waals surface area contributed by atoms with Crippen molar-refractivity contribution in [3.05, 3.63) is 29.3 Å². The molecule has 0 radical (unpaired) electrons. The Hall–Kier alpha value is -1.71. The van der Waals surface area contributed by atoms with E-state index < -0.39 is 0 Å². The van der Waals surface area contributed by atoms with Gasteiger partial charge in [-0.2, -0.15) is 0 Å². The number of methoxy groups -OCH3 is 1. The number of carbonyl (C=O) groups is 1. The monoisotopic (exact) mass is 277 g/mol. The molecule has 20 heavy (non-hydrogen) atoms. The fourth-order valence-corrected chi connectivity index (χ4v) is 2.56. The molecule has 110 valence electrons. The molecule has 1 aromatic rings. The van der Waals surface area contributed by atoms with E-state index in [1.54, 1.807) is 7.11 Å². The smallest absolute Gasteiger partial charge is 0.407 e. The molecule has 1 aliphatic rings. The molecule has 0 unspecified atom stereocenters. The van der Waals surface area contributed by atoms with Gasteiger partial charge in [0, 0.05) is 6.04 Å². The van der Waals surface area contributed by atoms with Gasteiger partial charge in [-0.3, -0.25) is 0 Å². The Morgan fingerprint density at radius 2 is 2.05 bits per heavy atom. The lowest BCUT2D eigenvalue weighted by atomic mass is 9.96. The van der Waals surface area contributed by atoms with Crippen molar-refractivity contribution in [1.82, 2.24) is 5.32 Å². The third-order valence-corrected chi connectivity index (χ3v) is 3.84. The van der Waals surface area contributed by atoms with Crippen LogP contribution in [0.1, 0.15) is 43.2 Å². The molecule has 1 saturated carbocycles. The third kappa shape index (κ3) is 4.15. The number of alkyl carbamates (subject to hydrolysis) is 1. The summed E-state index contributed by atoms with van der Waals surface area (Å²) in [6.45, 7) is 2.29. The number of hydrogen-bond acceptors (Lipinski definition) is 3. The first kappa shape index (κ1) is 14.7. The van der Waals surface area contributed by atoms with E-state index >= 15 is 0 Å². The zero-order chi connectivity index (χ0) is 14.4. The summed E-state index contributed by atoms with van der Waals surface area (Å²) in [5, 5.41) is 2.95. The highest BCUT2D eigenvalue weighted by Crippen LogP contribution is 2.19. The van der Waals surface area contributed by atoms with Crippen LogP contribution in [0.4, 0.5) is 4.79 Å². The predicted molar refractivity (Wildman–Crippen MR) is 77.9 cm³/mol. The molecule has 0 heterocycles. The molecule has 0 bridgehead atoms. The lowest BCUT2D eigenvalue weighted by Gasteiger charge is -2.22. The standard InChI is InChI=1S/C16H23NO3/c1-12-10-15(19-2)9-8-13(12)11-20-16(18)17-14-6-4-3-5-7-14/h8-10,14H,3-7,11H2,1-2H3,(H,17,18). The fraction of sp³-hybridized carbons (Fsp3) is 0.562. The molecule has 4 heteroatoms. The van der Waals surface area contributed by atoms with Crippen molar-refractivity contribution in [2.75, 3.05) is 7.11 Å². The maximum absolute atomic E-state index is 11.8. The van der Waals surface area contributed by atoms with E-state index in [1.807, 2.05) is 25.1 Å². The highest BCUT2D eigenvalue weighted by molar-refractivity contribution is 5.67. The molecule has 0 spiro atoms. The van der Waals surface area contributed by atoms with Gasteiger partial charge < -0.3 is 14.8 Å². The maximum Gasteiger partial charge on any atom is 0.407 e. The lowest BCUT2D eigenvalue weighted by Crippen LogP contribution is -2.36. The van der Waals surface area contributed by atoms with Crippen LogP contribution in [0, 0.1) is 6.92 Å². The molecule has 0 aromatic heterocycles. The second-order valence-electron chi connectivity index (χ2n) is 5.35. The number of amides is 1. The lowest BCUT2D eigenvalue weighted by molar-refractivity contribution is 0.133. The summed E-state index contributed by atoms with van der Waals surface area (Å²) in [5.74, 6) is 0.818. The van der Waals surface area contributed by atoms with Crippen LogP contribution in [-0.2, 0) is 11.3 Å². The van der Waals surface area contributed by atoms with Crippen LogP contribution in [0.25, 0.3) is 0 Å². The second-order valence-corrected chi connectivity index (χ2v) is 5.35. The van der Waals surface area contributed by atoms with Gasteiger partial charge in [-0.05, 0) is 43.0 Å². The van der Waals surface area contributed by atoms with E-state index in [9.17, 15) is 4.79 Å². The van der Waals surface area contributed by atoms with Crippen LogP contribution < -0.4 is 10.1 Å². The molecule has 1 N–H and O–H groups in total. The first-order valence-electron chi connectivity index (χ1n) is 7.26. The Balaban J connectivity index is 1.80. The number of rotatable bonds is 4. The highest BCUT2D eigenvalue weighted by Gasteiger charge is 2.16. The van der Waals surface area contributed by atoms with Gasteiger partial charge in [0.25, 0.3) is 0 Å². The minimum Gasteiger partial charge on any atom is -0.497 e. The first-order chi connectivity index (χ1) is 9.69. The average Bonchev–Trinajstić information content (AvgIpc) is 2.47. The van der Waals surface area contributed by atoms with Gasteiger partial charge in [0.2, 0.25) is 0 Å². The van der Waals surface area contributed by atoms with Crippen LogP contribution in [0.2, 0.25) is 0 Å². The van der Waals surface area contributed by atoms with Crippen molar-refractivity contribution >= 4 is 6.09 Å². The highest BCUT2D eigenvalue weighted by atomic mass is 16.5. The summed E-state index contributed by atoms with van der Waals surface area (Å²) < 4.78 is 10.5. The zero-order valence-electron chi connectivity index (χ0n) is 12.3. The molecule has 1 aliphatic carbocycles. The van der Waals surface area contributed by atoms with E-state index in [0.29, 0.717) is 6.61 Å². The summed E-state index contributed by atoms with van der Waals surface area (Å²) in [6.07, 6.45) is 5.49. The Morgan fingerprint density at radius 1 is 1.30 bits per heavy atom. The van der Waals surface area contributed by atoms with E-state index in [1.165, 1.54) is 19.3 Å². The predicted octanol–water partition coefficient (Wildman–Crippen LogP) is 3.56. The third-order valence-electron chi connectivity index (χ3n) is 3.84. The van der Waals surface area contributed by atoms with E-state index in [4.69, 9.17) is 9.47 Å². The van der Waals surface area contributed by atoms with Crippen LogP contribution in [-0.4, -0.2) is 19.2 Å². The normalized spacial score (nSPS) is 15.7. The van der Waals surface area contributed by atoms with Crippen molar-refractivity contribution in [2.24, 2.45) is 0 Å². The molecule has 1 amide bonds. The Bertz CT molecular complexity index is 453. The largest absolute Gasteiger partial charge is 0.497 e. The molecule has 2 rings (SSSR count). The van der Waals surface area contributed by atoms with Crippen LogP contribution in [0.3, 0.4) is 0 Å². The van der Waals surface area contributed by atoms with Crippen molar-refractivity contribution < 1.29 is 14.3 Å². The van der Waals surface area contributed by atoms with Crippen molar-refractivity contribution in [2.45, 2.75) is 51.7 Å². The quantitative estimate of drug-likeness (QED) is 0.915. The van der Waals surface area contributed by atoms with Crippen LogP contribution in [0.15, 0.2) is 18.2 Å². The zero-order valence-corrected chi connectivity index (χ0v) is 12.3. The Morgan fingerprint density at radius 3 is 2.70 bits per heavy atom. The number of benzene rings is 1. The molecule has 0 saturated heterocycles. The number of hydrogen-bond donors (Lipinski definition) is 1. The summed E-state index contributed by atoms with van der Waals surface area (Å²) >= 11 is 0. The SMILES string of the molecule is COc1ccc(COC(=O)NC2CCCCC2)c(C)c1. The van der Waals surface area contributed by atoms with Crippen LogP contribution >= 0.6 is 0 Å². The summed E-state index contributed by atoms with van der Waals surface area (Å²) in [6, 6.07) is 6.04. The molecular formula is C16H23NO3. The van der Waals surface area contributed by atoms with Crippen molar-refractivity contribution in [3.63, 3.8) is 0 Å². The van der Waals surface area contributed by atoms with Crippen molar-refractivity contribution in [3.8, 4) is 5.75 Å². The topological polar surface area (TPSA) is 47.6 Å². The van der Waals surface area contributed by atoms with E-state index in [2.05, 4.69) is 5.32 Å². The molecule has 1 fully saturated rings. The van der Waals surface area contributed by atoms with Gasteiger partial charge in [0.05, 0.1) is 7.11 Å². The number of carbonyl (C=O) groups excluding carboxylic acids is 1. The number of aryl methyl sites for hydroxylation is 1. The van der Waals surface area contributed by atoms with Gasteiger partial charge in [-0.1, -0.05) is 25.3 Å². The van der Waals surface area contributed by atoms with Crippen LogP contribution in [0.5, 0.6) is 5.75 Å². The molecule has 0 aliphatic heterocycles.